The van der Waals surface area contributed by atoms with Crippen molar-refractivity contribution >= 4 is 39.2 Å². The van der Waals surface area contributed by atoms with E-state index in [9.17, 15) is 26.4 Å². The molecule has 4 rings (SSSR count). The number of benzene rings is 1. The molecule has 2 aromatic heterocycles. The topological polar surface area (TPSA) is 129 Å². The summed E-state index contributed by atoms with van der Waals surface area (Å²) < 4.78 is 67.3. The second kappa shape index (κ2) is 11.8. The van der Waals surface area contributed by atoms with Crippen LogP contribution >= 0.6 is 0 Å². The first-order chi connectivity index (χ1) is 18.6. The second-order valence-electron chi connectivity index (χ2n) is 8.88. The van der Waals surface area contributed by atoms with E-state index in [1.54, 1.807) is 24.3 Å². The molecule has 1 amide bonds. The van der Waals surface area contributed by atoms with Crippen molar-refractivity contribution in [2.24, 2.45) is 0 Å². The van der Waals surface area contributed by atoms with Crippen molar-refractivity contribution in [3.63, 3.8) is 0 Å². The van der Waals surface area contributed by atoms with E-state index < -0.39 is 27.6 Å². The number of nitrogens with one attached hydrogen (secondary N) is 3. The number of rotatable bonds is 9. The molecule has 1 aliphatic rings. The molecule has 10 nitrogen and oxygen atoms in total. The zero-order valence-electron chi connectivity index (χ0n) is 21.1. The van der Waals surface area contributed by atoms with E-state index in [0.717, 1.165) is 32.4 Å². The standard InChI is InChI=1S/C25H28F3N7O3S/c1-2-39(37,38)34-21-18(7-6-12-29-21)15-30-22-20(25(26,27)28)16-31-24(33-22)32-19-10-8-17(9-11-19)23(36)35-13-4-3-5-14-35/h6-12,16H,2-5,13-15H2,1H3,(H,29,34)(H2,30,31,32,33). The third-order valence-corrected chi connectivity index (χ3v) is 7.36. The Bertz CT molecular complexity index is 1410. The molecule has 3 aromatic rings. The highest BCUT2D eigenvalue weighted by molar-refractivity contribution is 7.92. The monoisotopic (exact) mass is 563 g/mol. The minimum Gasteiger partial charge on any atom is -0.365 e. The molecule has 1 saturated heterocycles. The molecular formula is C25H28F3N7O3S. The molecule has 0 atom stereocenters. The summed E-state index contributed by atoms with van der Waals surface area (Å²) in [6, 6.07) is 9.62. The van der Waals surface area contributed by atoms with Crippen molar-refractivity contribution in [1.29, 1.82) is 0 Å². The average Bonchev–Trinajstić information content (AvgIpc) is 2.92. The Morgan fingerprint density at radius 3 is 2.41 bits per heavy atom. The molecule has 1 aromatic carbocycles. The fraction of sp³-hybridized carbons (Fsp3) is 0.360. The third kappa shape index (κ3) is 7.34. The first kappa shape index (κ1) is 28.1. The maximum absolute atomic E-state index is 13.7. The molecule has 1 aliphatic heterocycles. The van der Waals surface area contributed by atoms with Crippen molar-refractivity contribution in [2.75, 3.05) is 34.2 Å². The van der Waals surface area contributed by atoms with E-state index in [2.05, 4.69) is 30.3 Å². The minimum absolute atomic E-state index is 0.00648. The maximum Gasteiger partial charge on any atom is 0.421 e. The van der Waals surface area contributed by atoms with Gasteiger partial charge >= 0.3 is 6.18 Å². The predicted octanol–water partition coefficient (Wildman–Crippen LogP) is 4.63. The zero-order chi connectivity index (χ0) is 28.0. The molecule has 0 bridgehead atoms. The van der Waals surface area contributed by atoms with Crippen LogP contribution in [0.2, 0.25) is 0 Å². The van der Waals surface area contributed by atoms with Gasteiger partial charge in [0.05, 0.1) is 5.75 Å². The Kier molecular flexibility index (Phi) is 8.53. The number of anilines is 4. The van der Waals surface area contributed by atoms with Gasteiger partial charge < -0.3 is 15.5 Å². The quantitative estimate of drug-likeness (QED) is 0.344. The highest BCUT2D eigenvalue weighted by Crippen LogP contribution is 2.34. The van der Waals surface area contributed by atoms with Crippen LogP contribution in [0.4, 0.5) is 36.4 Å². The Morgan fingerprint density at radius 1 is 1.03 bits per heavy atom. The van der Waals surface area contributed by atoms with Gasteiger partial charge in [0.15, 0.2) is 0 Å². The number of aromatic nitrogens is 3. The maximum atomic E-state index is 13.7. The van der Waals surface area contributed by atoms with E-state index in [-0.39, 0.29) is 30.0 Å². The van der Waals surface area contributed by atoms with E-state index in [1.165, 1.54) is 25.3 Å². The van der Waals surface area contributed by atoms with Gasteiger partial charge in [0, 0.05) is 48.8 Å². The summed E-state index contributed by atoms with van der Waals surface area (Å²) in [7, 11) is -3.65. The van der Waals surface area contributed by atoms with Crippen LogP contribution in [0.15, 0.2) is 48.8 Å². The molecule has 0 radical (unpaired) electrons. The van der Waals surface area contributed by atoms with Crippen LogP contribution in [0.1, 0.15) is 47.7 Å². The number of halogens is 3. The number of hydrogen-bond donors (Lipinski definition) is 3. The first-order valence-corrected chi connectivity index (χ1v) is 14.0. The Labute approximate surface area is 224 Å². The molecule has 0 aliphatic carbocycles. The highest BCUT2D eigenvalue weighted by Gasteiger charge is 2.35. The average molecular weight is 564 g/mol. The van der Waals surface area contributed by atoms with Gasteiger partial charge in [-0.25, -0.2) is 18.4 Å². The molecule has 0 saturated carbocycles. The molecule has 14 heteroatoms. The number of carbonyl (C=O) groups is 1. The van der Waals surface area contributed by atoms with E-state index >= 15 is 0 Å². The van der Waals surface area contributed by atoms with Gasteiger partial charge in [-0.1, -0.05) is 6.07 Å². The summed E-state index contributed by atoms with van der Waals surface area (Å²) in [4.78, 5) is 26.3. The number of amides is 1. The van der Waals surface area contributed by atoms with Crippen molar-refractivity contribution in [3.05, 3.63) is 65.5 Å². The highest BCUT2D eigenvalue weighted by atomic mass is 32.2. The van der Waals surface area contributed by atoms with Gasteiger partial charge in [0.1, 0.15) is 17.2 Å². The molecule has 3 N–H and O–H groups in total. The largest absolute Gasteiger partial charge is 0.421 e. The van der Waals surface area contributed by atoms with Crippen LogP contribution in [-0.2, 0) is 22.7 Å². The molecule has 1 fully saturated rings. The van der Waals surface area contributed by atoms with Gasteiger partial charge in [-0.2, -0.15) is 18.2 Å². The summed E-state index contributed by atoms with van der Waals surface area (Å²) in [6.07, 6.45) is 0.357. The van der Waals surface area contributed by atoms with Gasteiger partial charge in [0.2, 0.25) is 16.0 Å². The van der Waals surface area contributed by atoms with Crippen molar-refractivity contribution in [3.8, 4) is 0 Å². The number of sulfonamides is 1. The molecule has 0 unspecified atom stereocenters. The number of alkyl halides is 3. The first-order valence-electron chi connectivity index (χ1n) is 12.3. The molecule has 208 valence electrons. The van der Waals surface area contributed by atoms with Crippen LogP contribution in [0.25, 0.3) is 0 Å². The Balaban J connectivity index is 1.51. The normalized spacial score (nSPS) is 14.1. The smallest absolute Gasteiger partial charge is 0.365 e. The number of likely N-dealkylation sites (tertiary alicyclic amines) is 1. The number of piperidine rings is 1. The molecule has 3 heterocycles. The van der Waals surface area contributed by atoms with E-state index in [0.29, 0.717) is 23.0 Å². The van der Waals surface area contributed by atoms with Gasteiger partial charge in [-0.3, -0.25) is 9.52 Å². The van der Waals surface area contributed by atoms with Gasteiger partial charge in [0.25, 0.3) is 5.91 Å². The zero-order valence-corrected chi connectivity index (χ0v) is 21.9. The second-order valence-corrected chi connectivity index (χ2v) is 10.9. The lowest BCUT2D eigenvalue weighted by Gasteiger charge is -2.26. The summed E-state index contributed by atoms with van der Waals surface area (Å²) in [5.41, 5.74) is 0.239. The SMILES string of the molecule is CCS(=O)(=O)Nc1ncccc1CNc1nc(Nc2ccc(C(=O)N3CCCCC3)cc2)ncc1C(F)(F)F. The lowest BCUT2D eigenvalue weighted by Crippen LogP contribution is -2.35. The lowest BCUT2D eigenvalue weighted by atomic mass is 10.1. The van der Waals surface area contributed by atoms with Crippen LogP contribution in [0, 0.1) is 0 Å². The molecular weight excluding hydrogens is 535 g/mol. The number of hydrogen-bond acceptors (Lipinski definition) is 8. The minimum atomic E-state index is -4.74. The van der Waals surface area contributed by atoms with Gasteiger partial charge in [-0.05, 0) is 56.5 Å². The van der Waals surface area contributed by atoms with Crippen LogP contribution in [0.3, 0.4) is 0 Å². The third-order valence-electron chi connectivity index (χ3n) is 6.10. The Morgan fingerprint density at radius 2 is 1.74 bits per heavy atom. The predicted molar refractivity (Wildman–Crippen MR) is 141 cm³/mol. The van der Waals surface area contributed by atoms with Crippen LogP contribution in [0.5, 0.6) is 0 Å². The van der Waals surface area contributed by atoms with Crippen LogP contribution in [-0.4, -0.2) is 53.0 Å². The Hall–Kier alpha value is -3.94. The van der Waals surface area contributed by atoms with Crippen molar-refractivity contribution in [2.45, 2.75) is 38.9 Å². The van der Waals surface area contributed by atoms with Crippen LogP contribution < -0.4 is 15.4 Å². The summed E-state index contributed by atoms with van der Waals surface area (Å²) in [5, 5.41) is 5.49. The lowest BCUT2D eigenvalue weighted by molar-refractivity contribution is -0.137. The molecule has 0 spiro atoms. The number of nitrogens with zero attached hydrogens (tertiary/aromatic N) is 4. The number of pyridine rings is 1. The fourth-order valence-corrected chi connectivity index (χ4v) is 4.58. The number of carbonyl (C=O) groups excluding carboxylic acids is 1. The van der Waals surface area contributed by atoms with Gasteiger partial charge in [-0.15, -0.1) is 0 Å². The van der Waals surface area contributed by atoms with E-state index in [4.69, 9.17) is 0 Å². The molecule has 39 heavy (non-hydrogen) atoms. The summed E-state index contributed by atoms with van der Waals surface area (Å²) in [6.45, 7) is 2.70. The van der Waals surface area contributed by atoms with Crippen molar-refractivity contribution in [1.82, 2.24) is 19.9 Å². The summed E-state index contributed by atoms with van der Waals surface area (Å²) in [5.74, 6) is -0.839. The fourth-order valence-electron chi connectivity index (χ4n) is 3.96. The summed E-state index contributed by atoms with van der Waals surface area (Å²) >= 11 is 0. The van der Waals surface area contributed by atoms with Crippen molar-refractivity contribution < 1.29 is 26.4 Å². The van der Waals surface area contributed by atoms with E-state index in [1.807, 2.05) is 4.90 Å².